The minimum absolute atomic E-state index is 0.107. The fourth-order valence-corrected chi connectivity index (χ4v) is 2.87. The van der Waals surface area contributed by atoms with Crippen molar-refractivity contribution in [1.82, 2.24) is 14.8 Å². The van der Waals surface area contributed by atoms with Crippen molar-refractivity contribution >= 4 is 33.2 Å². The molecule has 0 unspecified atom stereocenters. The zero-order valence-corrected chi connectivity index (χ0v) is 13.1. The van der Waals surface area contributed by atoms with E-state index in [1.807, 2.05) is 55.5 Å². The maximum Gasteiger partial charge on any atom is 0.220 e. The zero-order valence-electron chi connectivity index (χ0n) is 13.1. The predicted molar refractivity (Wildman–Crippen MR) is 93.0 cm³/mol. The number of azo groups is 1. The number of hydrogen-bond donors (Lipinski definition) is 1. The van der Waals surface area contributed by atoms with Gasteiger partial charge < -0.3 is 9.67 Å². The Bertz CT molecular complexity index is 1060. The third kappa shape index (κ3) is 2.20. The molecule has 0 aliphatic carbocycles. The second-order valence-corrected chi connectivity index (χ2v) is 5.39. The van der Waals surface area contributed by atoms with Crippen molar-refractivity contribution in [2.24, 2.45) is 10.2 Å². The average molecular weight is 317 g/mol. The van der Waals surface area contributed by atoms with E-state index in [4.69, 9.17) is 0 Å². The van der Waals surface area contributed by atoms with Gasteiger partial charge in [0.15, 0.2) is 5.69 Å². The van der Waals surface area contributed by atoms with Gasteiger partial charge in [-0.3, -0.25) is 0 Å². The number of hydrogen-bond acceptors (Lipinski definition) is 5. The lowest BCUT2D eigenvalue weighted by Gasteiger charge is -2.01. The molecule has 4 rings (SSSR count). The molecule has 0 aliphatic rings. The molecule has 0 bridgehead atoms. The largest absolute Gasteiger partial charge is 0.493 e. The Kier molecular flexibility index (Phi) is 3.42. The summed E-state index contributed by atoms with van der Waals surface area (Å²) in [5, 5.41) is 29.7. The van der Waals surface area contributed by atoms with Gasteiger partial charge in [-0.05, 0) is 13.0 Å². The molecule has 6 nitrogen and oxygen atoms in total. The Morgan fingerprint density at radius 3 is 2.58 bits per heavy atom. The fourth-order valence-electron chi connectivity index (χ4n) is 2.87. The minimum Gasteiger partial charge on any atom is -0.493 e. The summed E-state index contributed by atoms with van der Waals surface area (Å²) < 4.78 is 1.80. The summed E-state index contributed by atoms with van der Waals surface area (Å²) in [7, 11) is 0. The van der Waals surface area contributed by atoms with Gasteiger partial charge in [-0.15, -0.1) is 15.3 Å². The Morgan fingerprint density at radius 1 is 1.00 bits per heavy atom. The van der Waals surface area contributed by atoms with E-state index in [0.29, 0.717) is 18.1 Å². The van der Waals surface area contributed by atoms with Crippen LogP contribution in [0.1, 0.15) is 6.92 Å². The molecule has 0 fully saturated rings. The summed E-state index contributed by atoms with van der Waals surface area (Å²) >= 11 is 0. The quantitative estimate of drug-likeness (QED) is 0.555. The first-order valence-corrected chi connectivity index (χ1v) is 7.72. The lowest BCUT2D eigenvalue weighted by Crippen LogP contribution is -1.91. The SMILES string of the molecule is CCn1c(O)c(N=Nc2nncc3ccccc23)c2ccccc21. The van der Waals surface area contributed by atoms with Gasteiger partial charge >= 0.3 is 0 Å². The third-order valence-electron chi connectivity index (χ3n) is 4.03. The van der Waals surface area contributed by atoms with Crippen molar-refractivity contribution in [3.8, 4) is 5.88 Å². The number of aromatic nitrogens is 3. The molecule has 2 aromatic carbocycles. The lowest BCUT2D eigenvalue weighted by molar-refractivity contribution is 0.427. The fraction of sp³-hybridized carbons (Fsp3) is 0.111. The van der Waals surface area contributed by atoms with E-state index in [9.17, 15) is 5.11 Å². The van der Waals surface area contributed by atoms with Crippen molar-refractivity contribution in [2.45, 2.75) is 13.5 Å². The number of fused-ring (bicyclic) bond motifs is 2. The standard InChI is InChI=1S/C18H15N5O/c1-2-23-15-10-6-5-9-14(15)16(18(23)24)20-22-17-13-8-4-3-7-12(13)11-19-21-17/h3-11,24H,2H2,1H3. The number of aryl methyl sites for hydroxylation is 1. The number of benzene rings is 2. The molecule has 118 valence electrons. The van der Waals surface area contributed by atoms with Crippen LogP contribution in [0.5, 0.6) is 5.88 Å². The van der Waals surface area contributed by atoms with Gasteiger partial charge in [0.1, 0.15) is 0 Å². The molecule has 0 amide bonds. The summed E-state index contributed by atoms with van der Waals surface area (Å²) in [5.74, 6) is 0.538. The molecule has 0 aliphatic heterocycles. The Morgan fingerprint density at radius 2 is 1.75 bits per heavy atom. The molecular formula is C18H15N5O. The monoisotopic (exact) mass is 317 g/mol. The van der Waals surface area contributed by atoms with Crippen molar-refractivity contribution < 1.29 is 5.11 Å². The first-order valence-electron chi connectivity index (χ1n) is 7.72. The third-order valence-corrected chi connectivity index (χ3v) is 4.03. The van der Waals surface area contributed by atoms with Gasteiger partial charge in [0.25, 0.3) is 0 Å². The molecule has 2 aromatic heterocycles. The van der Waals surface area contributed by atoms with Crippen LogP contribution in [0.2, 0.25) is 0 Å². The molecule has 24 heavy (non-hydrogen) atoms. The second kappa shape index (κ2) is 5.73. The van der Waals surface area contributed by atoms with Crippen LogP contribution < -0.4 is 0 Å². The molecule has 0 spiro atoms. The number of aromatic hydroxyl groups is 1. The molecule has 0 radical (unpaired) electrons. The van der Waals surface area contributed by atoms with E-state index in [1.54, 1.807) is 10.8 Å². The van der Waals surface area contributed by atoms with Crippen LogP contribution in [0, 0.1) is 0 Å². The predicted octanol–water partition coefficient (Wildman–Crippen LogP) is 4.73. The highest BCUT2D eigenvalue weighted by Crippen LogP contribution is 2.39. The molecule has 0 atom stereocenters. The van der Waals surface area contributed by atoms with Gasteiger partial charge in [-0.25, -0.2) is 0 Å². The molecule has 0 saturated carbocycles. The molecule has 1 N–H and O–H groups in total. The number of rotatable bonds is 3. The number of nitrogens with zero attached hydrogens (tertiary/aromatic N) is 5. The van der Waals surface area contributed by atoms with Gasteiger partial charge in [0, 0.05) is 22.7 Å². The van der Waals surface area contributed by atoms with Crippen molar-refractivity contribution in [1.29, 1.82) is 0 Å². The van der Waals surface area contributed by atoms with Crippen LogP contribution in [-0.2, 0) is 6.54 Å². The molecular weight excluding hydrogens is 302 g/mol. The summed E-state index contributed by atoms with van der Waals surface area (Å²) in [5.41, 5.74) is 1.37. The second-order valence-electron chi connectivity index (χ2n) is 5.39. The Balaban J connectivity index is 1.87. The van der Waals surface area contributed by atoms with Crippen LogP contribution in [0.4, 0.5) is 11.5 Å². The van der Waals surface area contributed by atoms with Crippen LogP contribution >= 0.6 is 0 Å². The van der Waals surface area contributed by atoms with E-state index < -0.39 is 0 Å². The van der Waals surface area contributed by atoms with E-state index in [1.165, 1.54) is 0 Å². The highest BCUT2D eigenvalue weighted by Gasteiger charge is 2.15. The Hall–Kier alpha value is -3.28. The number of para-hydroxylation sites is 1. The summed E-state index contributed by atoms with van der Waals surface area (Å²) in [6.07, 6.45) is 1.69. The van der Waals surface area contributed by atoms with Crippen molar-refractivity contribution in [3.05, 3.63) is 54.7 Å². The van der Waals surface area contributed by atoms with Gasteiger partial charge in [0.05, 0.1) is 11.7 Å². The molecule has 4 aromatic rings. The summed E-state index contributed by atoms with van der Waals surface area (Å²) in [4.78, 5) is 0. The maximum absolute atomic E-state index is 10.5. The van der Waals surface area contributed by atoms with Gasteiger partial charge in [-0.1, -0.05) is 42.5 Å². The van der Waals surface area contributed by atoms with Crippen LogP contribution in [0.25, 0.3) is 21.7 Å². The summed E-state index contributed by atoms with van der Waals surface area (Å²) in [6.45, 7) is 2.62. The van der Waals surface area contributed by atoms with E-state index in [2.05, 4.69) is 20.4 Å². The smallest absolute Gasteiger partial charge is 0.220 e. The topological polar surface area (TPSA) is 75.7 Å². The van der Waals surface area contributed by atoms with E-state index >= 15 is 0 Å². The van der Waals surface area contributed by atoms with E-state index in [0.717, 1.165) is 21.7 Å². The normalized spacial score (nSPS) is 11.7. The van der Waals surface area contributed by atoms with Crippen LogP contribution in [0.3, 0.4) is 0 Å². The highest BCUT2D eigenvalue weighted by atomic mass is 16.3. The minimum atomic E-state index is 0.107. The first-order chi connectivity index (χ1) is 11.8. The lowest BCUT2D eigenvalue weighted by atomic mass is 10.2. The zero-order chi connectivity index (χ0) is 16.5. The van der Waals surface area contributed by atoms with Crippen LogP contribution in [-0.4, -0.2) is 19.9 Å². The first kappa shape index (κ1) is 14.3. The maximum atomic E-state index is 10.5. The van der Waals surface area contributed by atoms with Crippen molar-refractivity contribution in [2.75, 3.05) is 0 Å². The molecule has 2 heterocycles. The highest BCUT2D eigenvalue weighted by molar-refractivity contribution is 5.95. The van der Waals surface area contributed by atoms with Gasteiger partial charge in [-0.2, -0.15) is 5.10 Å². The Labute approximate surface area is 138 Å². The summed E-state index contributed by atoms with van der Waals surface area (Å²) in [6, 6.07) is 15.5. The molecule has 6 heteroatoms. The average Bonchev–Trinajstić information content (AvgIpc) is 2.90. The van der Waals surface area contributed by atoms with Gasteiger partial charge in [0.2, 0.25) is 11.7 Å². The van der Waals surface area contributed by atoms with Crippen LogP contribution in [0.15, 0.2) is 65.0 Å². The molecule has 0 saturated heterocycles. The van der Waals surface area contributed by atoms with Crippen molar-refractivity contribution in [3.63, 3.8) is 0 Å². The van der Waals surface area contributed by atoms with E-state index in [-0.39, 0.29) is 5.88 Å².